The highest BCUT2D eigenvalue weighted by molar-refractivity contribution is 5.58. The van der Waals surface area contributed by atoms with Crippen LogP contribution in [0.2, 0.25) is 0 Å². The number of benzene rings is 1. The molecule has 1 aliphatic rings. The molecule has 1 aromatic rings. The van der Waals surface area contributed by atoms with E-state index in [1.165, 1.54) is 0 Å². The maximum absolute atomic E-state index is 10.7. The topological polar surface area (TPSA) is 72.4 Å². The van der Waals surface area contributed by atoms with Crippen LogP contribution in [0.1, 0.15) is 12.5 Å². The van der Waals surface area contributed by atoms with Gasteiger partial charge in [0.05, 0.1) is 4.92 Å². The number of hydrogen-bond acceptors (Lipinski definition) is 4. The molecule has 0 spiro atoms. The van der Waals surface area contributed by atoms with Crippen LogP contribution in [0.4, 0.5) is 11.4 Å². The van der Waals surface area contributed by atoms with Gasteiger partial charge in [0.25, 0.3) is 5.69 Å². The molecule has 1 heterocycles. The number of nitrogens with two attached hydrogens (primary N) is 1. The van der Waals surface area contributed by atoms with E-state index in [0.717, 1.165) is 24.3 Å². The summed E-state index contributed by atoms with van der Waals surface area (Å²) in [7, 11) is 0. The van der Waals surface area contributed by atoms with Crippen molar-refractivity contribution in [3.05, 3.63) is 33.9 Å². The number of nitrogens with zero attached hydrogens (tertiary/aromatic N) is 2. The summed E-state index contributed by atoms with van der Waals surface area (Å²) in [5.41, 5.74) is 8.11. The molecule has 2 rings (SSSR count). The Hall–Kier alpha value is -1.62. The van der Waals surface area contributed by atoms with Crippen molar-refractivity contribution in [1.29, 1.82) is 0 Å². The maximum Gasteiger partial charge on any atom is 0.269 e. The molecule has 1 fully saturated rings. The molecule has 5 heteroatoms. The Labute approximate surface area is 100 Å². The van der Waals surface area contributed by atoms with Crippen molar-refractivity contribution >= 4 is 11.4 Å². The molecule has 2 atom stereocenters. The molecule has 0 aliphatic carbocycles. The molecule has 2 N–H and O–H groups in total. The molecule has 17 heavy (non-hydrogen) atoms. The summed E-state index contributed by atoms with van der Waals surface area (Å²) in [6.45, 7) is 5.77. The predicted octanol–water partition coefficient (Wildman–Crippen LogP) is 1.69. The van der Waals surface area contributed by atoms with Gasteiger partial charge in [-0.05, 0) is 24.5 Å². The Morgan fingerprint density at radius 2 is 2.18 bits per heavy atom. The summed E-state index contributed by atoms with van der Waals surface area (Å²) in [5, 5.41) is 10.7. The van der Waals surface area contributed by atoms with Crippen LogP contribution in [0.15, 0.2) is 18.2 Å². The first-order valence-electron chi connectivity index (χ1n) is 5.74. The maximum atomic E-state index is 10.7. The molecule has 0 saturated carbocycles. The third-order valence-corrected chi connectivity index (χ3v) is 3.40. The van der Waals surface area contributed by atoms with Crippen molar-refractivity contribution in [2.45, 2.75) is 19.9 Å². The molecule has 1 saturated heterocycles. The lowest BCUT2D eigenvalue weighted by Gasteiger charge is -2.20. The molecule has 0 amide bonds. The van der Waals surface area contributed by atoms with Crippen LogP contribution in [0.5, 0.6) is 0 Å². The number of aryl methyl sites for hydroxylation is 1. The quantitative estimate of drug-likeness (QED) is 0.625. The number of rotatable bonds is 2. The Morgan fingerprint density at radius 1 is 1.47 bits per heavy atom. The van der Waals surface area contributed by atoms with Gasteiger partial charge in [-0.1, -0.05) is 6.92 Å². The fourth-order valence-electron chi connectivity index (χ4n) is 2.30. The van der Waals surface area contributed by atoms with Gasteiger partial charge >= 0.3 is 0 Å². The number of non-ortho nitro benzene ring substituents is 1. The van der Waals surface area contributed by atoms with Gasteiger partial charge in [0.15, 0.2) is 0 Å². The van der Waals surface area contributed by atoms with Gasteiger partial charge < -0.3 is 10.6 Å². The molecule has 92 valence electrons. The van der Waals surface area contributed by atoms with E-state index in [2.05, 4.69) is 11.8 Å². The molecule has 5 nitrogen and oxygen atoms in total. The number of hydrogen-bond donors (Lipinski definition) is 1. The van der Waals surface area contributed by atoms with Crippen LogP contribution in [-0.2, 0) is 0 Å². The van der Waals surface area contributed by atoms with Crippen LogP contribution in [0.3, 0.4) is 0 Å². The summed E-state index contributed by atoms with van der Waals surface area (Å²) in [4.78, 5) is 12.5. The van der Waals surface area contributed by atoms with Crippen molar-refractivity contribution in [2.24, 2.45) is 11.7 Å². The van der Waals surface area contributed by atoms with Gasteiger partial charge in [-0.2, -0.15) is 0 Å². The summed E-state index contributed by atoms with van der Waals surface area (Å²) in [6.07, 6.45) is 0. The average molecular weight is 235 g/mol. The first-order chi connectivity index (χ1) is 7.99. The molecule has 1 aliphatic heterocycles. The highest BCUT2D eigenvalue weighted by atomic mass is 16.6. The number of nitro groups is 1. The lowest BCUT2D eigenvalue weighted by Crippen LogP contribution is -2.28. The largest absolute Gasteiger partial charge is 0.369 e. The van der Waals surface area contributed by atoms with Crippen molar-refractivity contribution < 1.29 is 4.92 Å². The van der Waals surface area contributed by atoms with Crippen LogP contribution in [-0.4, -0.2) is 24.1 Å². The third-order valence-electron chi connectivity index (χ3n) is 3.40. The Kier molecular flexibility index (Phi) is 3.02. The summed E-state index contributed by atoms with van der Waals surface area (Å²) in [5.74, 6) is 0.463. The van der Waals surface area contributed by atoms with E-state index in [9.17, 15) is 10.1 Å². The molecule has 0 bridgehead atoms. The van der Waals surface area contributed by atoms with Gasteiger partial charge in [-0.15, -0.1) is 0 Å². The standard InChI is InChI=1S/C12H17N3O2/c1-8-5-10(15(16)17)3-4-12(8)14-6-9(2)11(13)7-14/h3-5,9,11H,6-7,13H2,1-2H3. The summed E-state index contributed by atoms with van der Waals surface area (Å²) >= 11 is 0. The Balaban J connectivity index is 2.26. The lowest BCUT2D eigenvalue weighted by atomic mass is 10.1. The highest BCUT2D eigenvalue weighted by Crippen LogP contribution is 2.28. The minimum atomic E-state index is -0.366. The second-order valence-corrected chi connectivity index (χ2v) is 4.77. The molecule has 0 radical (unpaired) electrons. The SMILES string of the molecule is Cc1cc([N+](=O)[O-])ccc1N1CC(C)C(N)C1. The third kappa shape index (κ3) is 2.24. The van der Waals surface area contributed by atoms with E-state index in [1.54, 1.807) is 12.1 Å². The minimum Gasteiger partial charge on any atom is -0.369 e. The zero-order chi connectivity index (χ0) is 12.6. The first-order valence-corrected chi connectivity index (χ1v) is 5.74. The Morgan fingerprint density at radius 3 is 2.65 bits per heavy atom. The predicted molar refractivity (Wildman–Crippen MR) is 67.2 cm³/mol. The van der Waals surface area contributed by atoms with Crippen LogP contribution < -0.4 is 10.6 Å². The van der Waals surface area contributed by atoms with Gasteiger partial charge in [0, 0.05) is 37.0 Å². The smallest absolute Gasteiger partial charge is 0.269 e. The zero-order valence-corrected chi connectivity index (χ0v) is 10.1. The van der Waals surface area contributed by atoms with E-state index in [-0.39, 0.29) is 16.7 Å². The fraction of sp³-hybridized carbons (Fsp3) is 0.500. The first kappa shape index (κ1) is 11.9. The molecule has 2 unspecified atom stereocenters. The van der Waals surface area contributed by atoms with Gasteiger partial charge in [-0.3, -0.25) is 10.1 Å². The van der Waals surface area contributed by atoms with E-state index in [4.69, 9.17) is 5.73 Å². The van der Waals surface area contributed by atoms with Crippen molar-refractivity contribution in [2.75, 3.05) is 18.0 Å². The molecule has 1 aromatic carbocycles. The van der Waals surface area contributed by atoms with E-state index in [1.807, 2.05) is 13.0 Å². The van der Waals surface area contributed by atoms with E-state index >= 15 is 0 Å². The second-order valence-electron chi connectivity index (χ2n) is 4.77. The number of anilines is 1. The normalized spacial score (nSPS) is 24.1. The monoisotopic (exact) mass is 235 g/mol. The average Bonchev–Trinajstić information content (AvgIpc) is 2.58. The van der Waals surface area contributed by atoms with E-state index < -0.39 is 0 Å². The van der Waals surface area contributed by atoms with Crippen molar-refractivity contribution in [3.63, 3.8) is 0 Å². The summed E-state index contributed by atoms with van der Waals surface area (Å²) < 4.78 is 0. The van der Waals surface area contributed by atoms with Gasteiger partial charge in [0.1, 0.15) is 0 Å². The highest BCUT2D eigenvalue weighted by Gasteiger charge is 2.27. The molecule has 0 aromatic heterocycles. The minimum absolute atomic E-state index is 0.141. The molecular weight excluding hydrogens is 218 g/mol. The van der Waals surface area contributed by atoms with Gasteiger partial charge in [-0.25, -0.2) is 0 Å². The van der Waals surface area contributed by atoms with Crippen molar-refractivity contribution in [1.82, 2.24) is 0 Å². The fourth-order valence-corrected chi connectivity index (χ4v) is 2.30. The lowest BCUT2D eigenvalue weighted by molar-refractivity contribution is -0.384. The van der Waals surface area contributed by atoms with Gasteiger partial charge in [0.2, 0.25) is 0 Å². The van der Waals surface area contributed by atoms with Crippen LogP contribution in [0.25, 0.3) is 0 Å². The Bertz CT molecular complexity index is 437. The molecular formula is C12H17N3O2. The number of nitro benzene ring substituents is 1. The second kappa shape index (κ2) is 4.33. The van der Waals surface area contributed by atoms with Crippen LogP contribution >= 0.6 is 0 Å². The zero-order valence-electron chi connectivity index (χ0n) is 10.1. The van der Waals surface area contributed by atoms with E-state index in [0.29, 0.717) is 5.92 Å². The van der Waals surface area contributed by atoms with Crippen molar-refractivity contribution in [3.8, 4) is 0 Å². The summed E-state index contributed by atoms with van der Waals surface area (Å²) in [6, 6.07) is 5.17. The van der Waals surface area contributed by atoms with Crippen LogP contribution in [0, 0.1) is 23.0 Å².